The molecule has 6 nitrogen and oxygen atoms in total. The van der Waals surface area contributed by atoms with E-state index in [-0.39, 0.29) is 17.9 Å². The van der Waals surface area contributed by atoms with Crippen molar-refractivity contribution in [1.82, 2.24) is 9.80 Å². The minimum Gasteiger partial charge on any atom is -0.480 e. The van der Waals surface area contributed by atoms with Gasteiger partial charge in [-0.15, -0.1) is 0 Å². The first-order chi connectivity index (χ1) is 10.8. The summed E-state index contributed by atoms with van der Waals surface area (Å²) in [5, 5.41) is 9.12. The van der Waals surface area contributed by atoms with Crippen molar-refractivity contribution < 1.29 is 19.5 Å². The molecule has 1 aromatic rings. The number of carbonyl (C=O) groups is 3. The van der Waals surface area contributed by atoms with E-state index in [9.17, 15) is 14.4 Å². The van der Waals surface area contributed by atoms with Gasteiger partial charge in [0.25, 0.3) is 0 Å². The maximum Gasteiger partial charge on any atom is 0.326 e. The first kappa shape index (κ1) is 17.0. The van der Waals surface area contributed by atoms with Crippen LogP contribution in [0.1, 0.15) is 31.4 Å². The van der Waals surface area contributed by atoms with Crippen molar-refractivity contribution in [3.8, 4) is 0 Å². The number of piperidine rings is 1. The maximum absolute atomic E-state index is 12.8. The van der Waals surface area contributed by atoms with E-state index in [0.29, 0.717) is 12.8 Å². The minimum absolute atomic E-state index is 0.00293. The monoisotopic (exact) mass is 318 g/mol. The highest BCUT2D eigenvalue weighted by molar-refractivity contribution is 5.87. The zero-order chi connectivity index (χ0) is 17.1. The smallest absolute Gasteiger partial charge is 0.326 e. The third-order valence-electron chi connectivity index (χ3n) is 4.61. The fourth-order valence-corrected chi connectivity index (χ4v) is 3.02. The van der Waals surface area contributed by atoms with Crippen molar-refractivity contribution in [3.63, 3.8) is 0 Å². The Morgan fingerprint density at radius 1 is 1.30 bits per heavy atom. The van der Waals surface area contributed by atoms with E-state index in [4.69, 9.17) is 5.11 Å². The Balaban J connectivity index is 2.32. The summed E-state index contributed by atoms with van der Waals surface area (Å²) < 4.78 is 0. The third-order valence-corrected chi connectivity index (χ3v) is 4.61. The minimum atomic E-state index is -1.04. The van der Waals surface area contributed by atoms with Gasteiger partial charge in [-0.2, -0.15) is 0 Å². The van der Waals surface area contributed by atoms with Gasteiger partial charge in [0.05, 0.1) is 12.0 Å². The molecule has 3 atom stereocenters. The fraction of sp³-hybridized carbons (Fsp3) is 0.471. The van der Waals surface area contributed by atoms with Crippen molar-refractivity contribution in [2.24, 2.45) is 5.92 Å². The second-order valence-corrected chi connectivity index (χ2v) is 5.97. The van der Waals surface area contributed by atoms with E-state index < -0.39 is 17.9 Å². The van der Waals surface area contributed by atoms with Gasteiger partial charge >= 0.3 is 5.97 Å². The molecule has 0 bridgehead atoms. The number of carboxylic acid groups (broad SMARTS) is 1. The number of aliphatic carboxylic acids is 1. The lowest BCUT2D eigenvalue weighted by atomic mass is 9.83. The molecule has 2 rings (SSSR count). The van der Waals surface area contributed by atoms with Crippen molar-refractivity contribution in [2.75, 3.05) is 14.1 Å². The van der Waals surface area contributed by atoms with Crippen molar-refractivity contribution in [1.29, 1.82) is 0 Å². The summed E-state index contributed by atoms with van der Waals surface area (Å²) in [5.41, 5.74) is 0.887. The van der Waals surface area contributed by atoms with Gasteiger partial charge in [-0.3, -0.25) is 9.59 Å². The van der Waals surface area contributed by atoms with Crippen LogP contribution in [0, 0.1) is 5.92 Å². The number of carbonyl (C=O) groups excluding carboxylic acids is 2. The average Bonchev–Trinajstić information content (AvgIpc) is 2.55. The quantitative estimate of drug-likeness (QED) is 0.913. The van der Waals surface area contributed by atoms with Crippen LogP contribution in [0.3, 0.4) is 0 Å². The van der Waals surface area contributed by atoms with E-state index >= 15 is 0 Å². The van der Waals surface area contributed by atoms with Crippen LogP contribution in [-0.4, -0.2) is 52.8 Å². The van der Waals surface area contributed by atoms with Gasteiger partial charge in [-0.1, -0.05) is 30.3 Å². The predicted molar refractivity (Wildman–Crippen MR) is 84.5 cm³/mol. The van der Waals surface area contributed by atoms with Crippen LogP contribution < -0.4 is 0 Å². The fourth-order valence-electron chi connectivity index (χ4n) is 3.02. The summed E-state index contributed by atoms with van der Waals surface area (Å²) in [6.07, 6.45) is 0.726. The van der Waals surface area contributed by atoms with Crippen molar-refractivity contribution >= 4 is 17.8 Å². The number of hydrogen-bond acceptors (Lipinski definition) is 3. The molecule has 0 aliphatic carbocycles. The molecule has 1 aliphatic rings. The summed E-state index contributed by atoms with van der Waals surface area (Å²) >= 11 is 0. The zero-order valence-electron chi connectivity index (χ0n) is 13.6. The Labute approximate surface area is 135 Å². The van der Waals surface area contributed by atoms with Gasteiger partial charge in [0.2, 0.25) is 11.8 Å². The molecular formula is C17H22N2O4. The number of likely N-dealkylation sites (tertiary alicyclic amines) is 1. The second kappa shape index (κ2) is 6.81. The average molecular weight is 318 g/mol. The first-order valence-corrected chi connectivity index (χ1v) is 7.64. The Hall–Kier alpha value is -2.37. The lowest BCUT2D eigenvalue weighted by Crippen LogP contribution is -2.50. The molecule has 1 saturated heterocycles. The van der Waals surface area contributed by atoms with Crippen molar-refractivity contribution in [3.05, 3.63) is 35.9 Å². The SMILES string of the molecule is CC(C(=O)O)N(C)C(=O)C1CCC(=O)N(C)C1c1ccccc1. The summed E-state index contributed by atoms with van der Waals surface area (Å²) in [6, 6.07) is 8.13. The Kier molecular flexibility index (Phi) is 5.03. The summed E-state index contributed by atoms with van der Waals surface area (Å²) in [7, 11) is 3.19. The Bertz CT molecular complexity index is 602. The molecule has 6 heteroatoms. The highest BCUT2D eigenvalue weighted by Crippen LogP contribution is 2.36. The molecule has 2 amide bonds. The number of benzene rings is 1. The van der Waals surface area contributed by atoms with Crippen LogP contribution in [0.25, 0.3) is 0 Å². The molecule has 1 heterocycles. The Morgan fingerprint density at radius 2 is 1.91 bits per heavy atom. The molecule has 0 saturated carbocycles. The normalized spacial score (nSPS) is 22.6. The maximum atomic E-state index is 12.8. The number of rotatable bonds is 4. The van der Waals surface area contributed by atoms with Gasteiger partial charge in [-0.05, 0) is 18.9 Å². The molecule has 23 heavy (non-hydrogen) atoms. The summed E-state index contributed by atoms with van der Waals surface area (Å²) in [4.78, 5) is 38.9. The summed E-state index contributed by atoms with van der Waals surface area (Å²) in [6.45, 7) is 1.48. The molecule has 1 aliphatic heterocycles. The highest BCUT2D eigenvalue weighted by Gasteiger charge is 2.41. The van der Waals surface area contributed by atoms with Crippen LogP contribution in [0.4, 0.5) is 0 Å². The van der Waals surface area contributed by atoms with E-state index in [1.807, 2.05) is 30.3 Å². The van der Waals surface area contributed by atoms with Gasteiger partial charge < -0.3 is 14.9 Å². The van der Waals surface area contributed by atoms with Crippen LogP contribution in [0.15, 0.2) is 30.3 Å². The molecule has 0 spiro atoms. The van der Waals surface area contributed by atoms with Gasteiger partial charge in [0.15, 0.2) is 0 Å². The van der Waals surface area contributed by atoms with Gasteiger partial charge in [-0.25, -0.2) is 4.79 Å². The first-order valence-electron chi connectivity index (χ1n) is 7.64. The molecule has 124 valence electrons. The van der Waals surface area contributed by atoms with E-state index in [1.54, 1.807) is 11.9 Å². The van der Waals surface area contributed by atoms with Crippen LogP contribution >= 0.6 is 0 Å². The molecule has 1 fully saturated rings. The summed E-state index contributed by atoms with van der Waals surface area (Å²) in [5.74, 6) is -1.73. The van der Waals surface area contributed by atoms with E-state index in [0.717, 1.165) is 5.56 Å². The zero-order valence-corrected chi connectivity index (χ0v) is 13.6. The van der Waals surface area contributed by atoms with E-state index in [1.165, 1.54) is 18.9 Å². The molecule has 0 aromatic heterocycles. The van der Waals surface area contributed by atoms with Crippen molar-refractivity contribution in [2.45, 2.75) is 31.8 Å². The molecule has 1 N–H and O–H groups in total. The lowest BCUT2D eigenvalue weighted by Gasteiger charge is -2.40. The molecule has 1 aromatic carbocycles. The largest absolute Gasteiger partial charge is 0.480 e. The lowest BCUT2D eigenvalue weighted by molar-refractivity contribution is -0.154. The van der Waals surface area contributed by atoms with E-state index in [2.05, 4.69) is 0 Å². The standard InChI is InChI=1S/C17H22N2O4/c1-11(17(22)23)18(2)16(21)13-9-10-14(20)19(3)15(13)12-7-5-4-6-8-12/h4-8,11,13,15H,9-10H2,1-3H3,(H,22,23). The van der Waals surface area contributed by atoms with Crippen LogP contribution in [0.5, 0.6) is 0 Å². The Morgan fingerprint density at radius 3 is 2.48 bits per heavy atom. The van der Waals surface area contributed by atoms with Crippen LogP contribution in [-0.2, 0) is 14.4 Å². The number of amides is 2. The van der Waals surface area contributed by atoms with Gasteiger partial charge in [0, 0.05) is 20.5 Å². The number of carboxylic acids is 1. The van der Waals surface area contributed by atoms with Gasteiger partial charge in [0.1, 0.15) is 6.04 Å². The second-order valence-electron chi connectivity index (χ2n) is 5.97. The van der Waals surface area contributed by atoms with Crippen LogP contribution in [0.2, 0.25) is 0 Å². The predicted octanol–water partition coefficient (Wildman–Crippen LogP) is 1.53. The number of likely N-dealkylation sites (N-methyl/N-ethyl adjacent to an activating group) is 1. The third kappa shape index (κ3) is 3.36. The molecule has 3 unspecified atom stereocenters. The topological polar surface area (TPSA) is 77.9 Å². The number of nitrogens with zero attached hydrogens (tertiary/aromatic N) is 2. The highest BCUT2D eigenvalue weighted by atomic mass is 16.4. The molecule has 0 radical (unpaired) electrons. The number of hydrogen-bond donors (Lipinski definition) is 1. The molecular weight excluding hydrogens is 296 g/mol.